The van der Waals surface area contributed by atoms with Crippen LogP contribution in [-0.2, 0) is 0 Å². The molecule has 80 valence electrons. The van der Waals surface area contributed by atoms with E-state index in [-0.39, 0.29) is 0 Å². The van der Waals surface area contributed by atoms with E-state index in [0.29, 0.717) is 0 Å². The topological polar surface area (TPSA) is 24.4 Å². The van der Waals surface area contributed by atoms with Crippen molar-refractivity contribution in [2.24, 2.45) is 4.99 Å². The molecular formula is C14H14N2. The SMILES string of the molecule is C=CC1=C(C=C)C(C)=Nc2ccccc2N1. The van der Waals surface area contributed by atoms with Crippen LogP contribution in [0.15, 0.2) is 65.8 Å². The lowest BCUT2D eigenvalue weighted by Crippen LogP contribution is -2.02. The first-order chi connectivity index (χ1) is 7.76. The van der Waals surface area contributed by atoms with Gasteiger partial charge in [0.1, 0.15) is 0 Å². The number of rotatable bonds is 2. The van der Waals surface area contributed by atoms with E-state index < -0.39 is 0 Å². The molecule has 1 aromatic carbocycles. The number of hydrogen-bond donors (Lipinski definition) is 1. The first-order valence-electron chi connectivity index (χ1n) is 5.17. The summed E-state index contributed by atoms with van der Waals surface area (Å²) in [6, 6.07) is 7.94. The molecule has 0 fully saturated rings. The molecule has 0 atom stereocenters. The Labute approximate surface area is 95.7 Å². The lowest BCUT2D eigenvalue weighted by atomic mass is 10.1. The van der Waals surface area contributed by atoms with Crippen LogP contribution in [0.3, 0.4) is 0 Å². The minimum atomic E-state index is 0.941. The van der Waals surface area contributed by atoms with Crippen molar-refractivity contribution in [2.75, 3.05) is 5.32 Å². The third kappa shape index (κ3) is 1.70. The van der Waals surface area contributed by atoms with Crippen molar-refractivity contribution in [3.8, 4) is 0 Å². The molecule has 1 aliphatic heterocycles. The maximum atomic E-state index is 4.57. The minimum absolute atomic E-state index is 0.941. The molecule has 0 radical (unpaired) electrons. The van der Waals surface area contributed by atoms with E-state index in [0.717, 1.165) is 28.4 Å². The molecule has 2 rings (SSSR count). The summed E-state index contributed by atoms with van der Waals surface area (Å²) in [5.41, 5.74) is 4.82. The van der Waals surface area contributed by atoms with Crippen LogP contribution in [-0.4, -0.2) is 5.71 Å². The lowest BCUT2D eigenvalue weighted by Gasteiger charge is -2.08. The predicted octanol–water partition coefficient (Wildman–Crippen LogP) is 3.83. The monoisotopic (exact) mass is 210 g/mol. The maximum absolute atomic E-state index is 4.57. The summed E-state index contributed by atoms with van der Waals surface area (Å²) in [6.07, 6.45) is 3.59. The second-order valence-corrected chi connectivity index (χ2v) is 3.57. The van der Waals surface area contributed by atoms with Gasteiger partial charge in [-0.3, -0.25) is 4.99 Å². The van der Waals surface area contributed by atoms with Crippen molar-refractivity contribution in [3.05, 3.63) is 60.8 Å². The van der Waals surface area contributed by atoms with Gasteiger partial charge in [0.2, 0.25) is 0 Å². The molecule has 0 bridgehead atoms. The number of nitrogens with one attached hydrogen (secondary N) is 1. The van der Waals surface area contributed by atoms with Crippen molar-refractivity contribution in [3.63, 3.8) is 0 Å². The van der Waals surface area contributed by atoms with E-state index in [1.54, 1.807) is 12.2 Å². The Morgan fingerprint density at radius 3 is 2.62 bits per heavy atom. The summed E-state index contributed by atoms with van der Waals surface area (Å²) in [5, 5.41) is 3.32. The molecule has 1 aromatic rings. The van der Waals surface area contributed by atoms with Crippen LogP contribution in [0.1, 0.15) is 6.92 Å². The zero-order valence-corrected chi connectivity index (χ0v) is 9.33. The lowest BCUT2D eigenvalue weighted by molar-refractivity contribution is 1.46. The predicted molar refractivity (Wildman–Crippen MR) is 70.3 cm³/mol. The summed E-state index contributed by atoms with van der Waals surface area (Å²) in [6.45, 7) is 9.60. The number of fused-ring (bicyclic) bond motifs is 1. The molecular weight excluding hydrogens is 196 g/mol. The van der Waals surface area contributed by atoms with Gasteiger partial charge in [0.05, 0.1) is 11.4 Å². The minimum Gasteiger partial charge on any atom is -0.353 e. The number of benzene rings is 1. The summed E-state index contributed by atoms with van der Waals surface area (Å²) in [5.74, 6) is 0. The van der Waals surface area contributed by atoms with Crippen LogP contribution in [0.25, 0.3) is 0 Å². The van der Waals surface area contributed by atoms with Gasteiger partial charge in [-0.15, -0.1) is 0 Å². The van der Waals surface area contributed by atoms with Crippen LogP contribution in [0, 0.1) is 0 Å². The molecule has 0 saturated heterocycles. The van der Waals surface area contributed by atoms with Crippen LogP contribution in [0.4, 0.5) is 11.4 Å². The molecule has 16 heavy (non-hydrogen) atoms. The number of anilines is 1. The molecule has 0 spiro atoms. The van der Waals surface area contributed by atoms with Gasteiger partial charge in [0.15, 0.2) is 0 Å². The number of para-hydroxylation sites is 2. The summed E-state index contributed by atoms with van der Waals surface area (Å²) in [7, 11) is 0. The van der Waals surface area contributed by atoms with Gasteiger partial charge in [0, 0.05) is 17.0 Å². The van der Waals surface area contributed by atoms with Crippen LogP contribution >= 0.6 is 0 Å². The van der Waals surface area contributed by atoms with Crippen LogP contribution in [0.2, 0.25) is 0 Å². The van der Waals surface area contributed by atoms with Crippen molar-refractivity contribution < 1.29 is 0 Å². The first-order valence-corrected chi connectivity index (χ1v) is 5.17. The third-order valence-electron chi connectivity index (χ3n) is 2.55. The Morgan fingerprint density at radius 1 is 1.19 bits per heavy atom. The second-order valence-electron chi connectivity index (χ2n) is 3.57. The van der Waals surface area contributed by atoms with Gasteiger partial charge in [-0.25, -0.2) is 0 Å². The second kappa shape index (κ2) is 4.19. The molecule has 0 unspecified atom stereocenters. The van der Waals surface area contributed by atoms with Crippen molar-refractivity contribution >= 4 is 17.1 Å². The number of nitrogens with zero attached hydrogens (tertiary/aromatic N) is 1. The van der Waals surface area contributed by atoms with Crippen LogP contribution < -0.4 is 5.32 Å². The van der Waals surface area contributed by atoms with Gasteiger partial charge in [-0.05, 0) is 25.1 Å². The van der Waals surface area contributed by atoms with E-state index in [9.17, 15) is 0 Å². The van der Waals surface area contributed by atoms with E-state index in [1.165, 1.54) is 0 Å². The highest BCUT2D eigenvalue weighted by molar-refractivity contribution is 6.05. The number of allylic oxidation sites excluding steroid dienone is 3. The summed E-state index contributed by atoms with van der Waals surface area (Å²) in [4.78, 5) is 4.57. The maximum Gasteiger partial charge on any atom is 0.0867 e. The van der Waals surface area contributed by atoms with Crippen LogP contribution in [0.5, 0.6) is 0 Å². The molecule has 0 aromatic heterocycles. The third-order valence-corrected chi connectivity index (χ3v) is 2.55. The molecule has 1 N–H and O–H groups in total. The highest BCUT2D eigenvalue weighted by Gasteiger charge is 2.11. The smallest absolute Gasteiger partial charge is 0.0867 e. The Bertz CT molecular complexity index is 507. The zero-order valence-electron chi connectivity index (χ0n) is 9.33. The van der Waals surface area contributed by atoms with E-state index in [2.05, 4.69) is 23.5 Å². The standard InChI is InChI=1S/C14H14N2/c1-4-11-10(3)15-13-8-6-7-9-14(13)16-12(11)5-2/h4-9,16H,1-2H2,3H3. The molecule has 1 heterocycles. The molecule has 2 nitrogen and oxygen atoms in total. The van der Waals surface area contributed by atoms with E-state index in [1.807, 2.05) is 31.2 Å². The first kappa shape index (κ1) is 10.4. The van der Waals surface area contributed by atoms with E-state index >= 15 is 0 Å². The normalized spacial score (nSPS) is 14.4. The van der Waals surface area contributed by atoms with Gasteiger partial charge >= 0.3 is 0 Å². The quantitative estimate of drug-likeness (QED) is 0.788. The fraction of sp³-hybridized carbons (Fsp3) is 0.0714. The number of hydrogen-bond acceptors (Lipinski definition) is 2. The Balaban J connectivity index is 2.63. The molecule has 1 aliphatic rings. The largest absolute Gasteiger partial charge is 0.353 e. The highest BCUT2D eigenvalue weighted by atomic mass is 14.9. The summed E-state index contributed by atoms with van der Waals surface area (Å²) >= 11 is 0. The van der Waals surface area contributed by atoms with Crippen molar-refractivity contribution in [1.29, 1.82) is 0 Å². The van der Waals surface area contributed by atoms with Crippen molar-refractivity contribution in [2.45, 2.75) is 6.92 Å². The molecule has 0 aliphatic carbocycles. The Morgan fingerprint density at radius 2 is 1.94 bits per heavy atom. The highest BCUT2D eigenvalue weighted by Crippen LogP contribution is 2.30. The fourth-order valence-electron chi connectivity index (χ4n) is 1.74. The van der Waals surface area contributed by atoms with Gasteiger partial charge < -0.3 is 5.32 Å². The van der Waals surface area contributed by atoms with Gasteiger partial charge in [0.25, 0.3) is 0 Å². The number of aliphatic imine (C=N–C) groups is 1. The average Bonchev–Trinajstić information content (AvgIpc) is 2.44. The zero-order chi connectivity index (χ0) is 11.5. The Hall–Kier alpha value is -2.09. The van der Waals surface area contributed by atoms with Gasteiger partial charge in [-0.1, -0.05) is 31.4 Å². The summed E-state index contributed by atoms with van der Waals surface area (Å²) < 4.78 is 0. The van der Waals surface area contributed by atoms with Crippen molar-refractivity contribution in [1.82, 2.24) is 0 Å². The fourth-order valence-corrected chi connectivity index (χ4v) is 1.74. The molecule has 0 amide bonds. The van der Waals surface area contributed by atoms with Gasteiger partial charge in [-0.2, -0.15) is 0 Å². The molecule has 2 heteroatoms. The average molecular weight is 210 g/mol. The Kier molecular flexibility index (Phi) is 2.73. The van der Waals surface area contributed by atoms with E-state index in [4.69, 9.17) is 0 Å². The molecule has 0 saturated carbocycles.